The Bertz CT molecular complexity index is 65.9. The van der Waals surface area contributed by atoms with Gasteiger partial charge in [0.15, 0.2) is 0 Å². The molecule has 0 aliphatic carbocycles. The highest BCUT2D eigenvalue weighted by molar-refractivity contribution is 4.71. The van der Waals surface area contributed by atoms with Crippen LogP contribution in [0.4, 0.5) is 0 Å². The SMILES string of the molecule is CNNC1CCNCC1. The number of nitrogens with one attached hydrogen (secondary N) is 3. The Hall–Kier alpha value is -0.120. The van der Waals surface area contributed by atoms with Gasteiger partial charge in [0.25, 0.3) is 0 Å². The van der Waals surface area contributed by atoms with Gasteiger partial charge in [-0.05, 0) is 33.0 Å². The molecule has 0 aromatic rings. The molecule has 0 amide bonds. The molecule has 1 aliphatic heterocycles. The van der Waals surface area contributed by atoms with E-state index in [0.29, 0.717) is 6.04 Å². The van der Waals surface area contributed by atoms with Gasteiger partial charge in [0.05, 0.1) is 0 Å². The molecule has 1 saturated heterocycles. The molecule has 0 aromatic heterocycles. The lowest BCUT2D eigenvalue weighted by Gasteiger charge is -2.22. The van der Waals surface area contributed by atoms with E-state index in [2.05, 4.69) is 16.2 Å². The first-order valence-corrected chi connectivity index (χ1v) is 3.56. The summed E-state index contributed by atoms with van der Waals surface area (Å²) in [7, 11) is 1.92. The summed E-state index contributed by atoms with van der Waals surface area (Å²) in [6.45, 7) is 2.30. The minimum Gasteiger partial charge on any atom is -0.317 e. The van der Waals surface area contributed by atoms with E-state index in [1.807, 2.05) is 7.05 Å². The third kappa shape index (κ3) is 2.30. The van der Waals surface area contributed by atoms with Crippen LogP contribution in [0.3, 0.4) is 0 Å². The molecule has 3 heteroatoms. The van der Waals surface area contributed by atoms with Crippen molar-refractivity contribution < 1.29 is 0 Å². The molecule has 54 valence electrons. The highest BCUT2D eigenvalue weighted by Crippen LogP contribution is 1.99. The van der Waals surface area contributed by atoms with Crippen LogP contribution in [-0.2, 0) is 0 Å². The fourth-order valence-corrected chi connectivity index (χ4v) is 1.17. The zero-order valence-electron chi connectivity index (χ0n) is 5.91. The average Bonchev–Trinajstić information content (AvgIpc) is 1.91. The molecule has 0 saturated carbocycles. The maximum Gasteiger partial charge on any atom is 0.0236 e. The van der Waals surface area contributed by atoms with Gasteiger partial charge in [0, 0.05) is 6.04 Å². The summed E-state index contributed by atoms with van der Waals surface area (Å²) < 4.78 is 0. The van der Waals surface area contributed by atoms with Crippen molar-refractivity contribution in [2.24, 2.45) is 0 Å². The Balaban J connectivity index is 2.08. The Kier molecular flexibility index (Phi) is 2.97. The molecule has 1 rings (SSSR count). The second-order valence-corrected chi connectivity index (χ2v) is 2.42. The maximum atomic E-state index is 3.31. The first-order chi connectivity index (χ1) is 4.43. The van der Waals surface area contributed by atoms with Gasteiger partial charge in [-0.1, -0.05) is 0 Å². The summed E-state index contributed by atoms with van der Waals surface area (Å²) in [5.74, 6) is 0. The van der Waals surface area contributed by atoms with Gasteiger partial charge in [-0.25, -0.2) is 0 Å². The predicted octanol–water partition coefficient (Wildman–Crippen LogP) is -0.538. The summed E-state index contributed by atoms with van der Waals surface area (Å²) in [6, 6.07) is 0.677. The average molecular weight is 129 g/mol. The van der Waals surface area contributed by atoms with Crippen molar-refractivity contribution >= 4 is 0 Å². The largest absolute Gasteiger partial charge is 0.317 e. The van der Waals surface area contributed by atoms with Crippen LogP contribution in [0.5, 0.6) is 0 Å². The van der Waals surface area contributed by atoms with Crippen LogP contribution >= 0.6 is 0 Å². The molecule has 0 atom stereocenters. The molecule has 1 heterocycles. The predicted molar refractivity (Wildman–Crippen MR) is 38.1 cm³/mol. The molecular weight excluding hydrogens is 114 g/mol. The molecule has 0 bridgehead atoms. The van der Waals surface area contributed by atoms with Crippen LogP contribution in [-0.4, -0.2) is 26.2 Å². The third-order valence-corrected chi connectivity index (χ3v) is 1.69. The highest BCUT2D eigenvalue weighted by Gasteiger charge is 2.09. The summed E-state index contributed by atoms with van der Waals surface area (Å²) in [4.78, 5) is 0. The molecule has 1 fully saturated rings. The molecular formula is C6H15N3. The summed E-state index contributed by atoms with van der Waals surface area (Å²) >= 11 is 0. The van der Waals surface area contributed by atoms with Crippen LogP contribution in [0.15, 0.2) is 0 Å². The van der Waals surface area contributed by atoms with Crippen molar-refractivity contribution in [3.8, 4) is 0 Å². The molecule has 0 aromatic carbocycles. The lowest BCUT2D eigenvalue weighted by atomic mass is 10.1. The van der Waals surface area contributed by atoms with Crippen LogP contribution in [0, 0.1) is 0 Å². The molecule has 3 nitrogen and oxygen atoms in total. The minimum absolute atomic E-state index is 0.677. The van der Waals surface area contributed by atoms with Gasteiger partial charge < -0.3 is 5.32 Å². The van der Waals surface area contributed by atoms with Crippen molar-refractivity contribution in [2.45, 2.75) is 18.9 Å². The first-order valence-electron chi connectivity index (χ1n) is 3.56. The molecule has 0 unspecified atom stereocenters. The van der Waals surface area contributed by atoms with Crippen molar-refractivity contribution in [1.82, 2.24) is 16.2 Å². The number of hydrogen-bond donors (Lipinski definition) is 3. The zero-order valence-corrected chi connectivity index (χ0v) is 5.91. The van der Waals surface area contributed by atoms with E-state index in [1.54, 1.807) is 0 Å². The third-order valence-electron chi connectivity index (χ3n) is 1.69. The van der Waals surface area contributed by atoms with Crippen LogP contribution in [0.1, 0.15) is 12.8 Å². The van der Waals surface area contributed by atoms with E-state index in [0.717, 1.165) is 13.1 Å². The quantitative estimate of drug-likeness (QED) is 0.438. The van der Waals surface area contributed by atoms with Gasteiger partial charge in [-0.15, -0.1) is 0 Å². The Morgan fingerprint density at radius 1 is 1.33 bits per heavy atom. The van der Waals surface area contributed by atoms with Crippen molar-refractivity contribution in [2.75, 3.05) is 20.1 Å². The molecule has 1 aliphatic rings. The van der Waals surface area contributed by atoms with E-state index in [1.165, 1.54) is 12.8 Å². The lowest BCUT2D eigenvalue weighted by molar-refractivity contribution is 0.360. The maximum absolute atomic E-state index is 3.31. The summed E-state index contributed by atoms with van der Waals surface area (Å²) in [5.41, 5.74) is 6.15. The van der Waals surface area contributed by atoms with E-state index in [4.69, 9.17) is 0 Å². The Morgan fingerprint density at radius 3 is 2.56 bits per heavy atom. The van der Waals surface area contributed by atoms with Crippen molar-refractivity contribution in [3.63, 3.8) is 0 Å². The van der Waals surface area contributed by atoms with E-state index in [9.17, 15) is 0 Å². The van der Waals surface area contributed by atoms with E-state index < -0.39 is 0 Å². The number of piperidine rings is 1. The Labute approximate surface area is 56.2 Å². The van der Waals surface area contributed by atoms with Crippen LogP contribution < -0.4 is 16.2 Å². The minimum atomic E-state index is 0.677. The van der Waals surface area contributed by atoms with Crippen molar-refractivity contribution in [3.05, 3.63) is 0 Å². The fourth-order valence-electron chi connectivity index (χ4n) is 1.17. The molecule has 0 spiro atoms. The molecule has 9 heavy (non-hydrogen) atoms. The molecule has 3 N–H and O–H groups in total. The lowest BCUT2D eigenvalue weighted by Crippen LogP contribution is -2.44. The zero-order chi connectivity index (χ0) is 6.53. The van der Waals surface area contributed by atoms with Gasteiger partial charge in [0.1, 0.15) is 0 Å². The van der Waals surface area contributed by atoms with Gasteiger partial charge in [-0.2, -0.15) is 0 Å². The Morgan fingerprint density at radius 2 is 2.00 bits per heavy atom. The van der Waals surface area contributed by atoms with E-state index >= 15 is 0 Å². The monoisotopic (exact) mass is 129 g/mol. The highest BCUT2D eigenvalue weighted by atomic mass is 15.4. The fraction of sp³-hybridized carbons (Fsp3) is 1.00. The number of hydrazine groups is 1. The van der Waals surface area contributed by atoms with Gasteiger partial charge in [-0.3, -0.25) is 10.9 Å². The number of hydrogen-bond acceptors (Lipinski definition) is 3. The second kappa shape index (κ2) is 3.82. The van der Waals surface area contributed by atoms with Crippen LogP contribution in [0.2, 0.25) is 0 Å². The topological polar surface area (TPSA) is 36.1 Å². The molecule has 0 radical (unpaired) electrons. The summed E-state index contributed by atoms with van der Waals surface area (Å²) in [5, 5.41) is 3.31. The summed E-state index contributed by atoms with van der Waals surface area (Å²) in [6.07, 6.45) is 2.47. The smallest absolute Gasteiger partial charge is 0.0236 e. The normalized spacial score (nSPS) is 22.3. The van der Waals surface area contributed by atoms with Gasteiger partial charge in [0.2, 0.25) is 0 Å². The van der Waals surface area contributed by atoms with Crippen LogP contribution in [0.25, 0.3) is 0 Å². The second-order valence-electron chi connectivity index (χ2n) is 2.42. The van der Waals surface area contributed by atoms with Gasteiger partial charge >= 0.3 is 0 Å². The number of rotatable bonds is 2. The van der Waals surface area contributed by atoms with Crippen molar-refractivity contribution in [1.29, 1.82) is 0 Å². The standard InChI is InChI=1S/C6H15N3/c1-7-9-6-2-4-8-5-3-6/h6-9H,2-5H2,1H3. The first kappa shape index (κ1) is 6.99. The van der Waals surface area contributed by atoms with E-state index in [-0.39, 0.29) is 0 Å².